The predicted molar refractivity (Wildman–Crippen MR) is 117 cm³/mol. The van der Waals surface area contributed by atoms with Crippen LogP contribution < -0.4 is 25.3 Å². The molecule has 0 unspecified atom stereocenters. The van der Waals surface area contributed by atoms with Gasteiger partial charge in [0.05, 0.1) is 41.1 Å². The van der Waals surface area contributed by atoms with Crippen LogP contribution >= 0.6 is 24.0 Å². The lowest BCUT2D eigenvalue weighted by atomic mass is 10.1. The zero-order valence-corrected chi connectivity index (χ0v) is 18.7. The summed E-state index contributed by atoms with van der Waals surface area (Å²) in [5, 5.41) is 3.15. The van der Waals surface area contributed by atoms with Crippen LogP contribution in [0.25, 0.3) is 0 Å². The van der Waals surface area contributed by atoms with Crippen LogP contribution in [0, 0.1) is 0 Å². The molecule has 0 amide bonds. The first-order chi connectivity index (χ1) is 12.7. The van der Waals surface area contributed by atoms with E-state index in [1.165, 1.54) is 0 Å². The minimum atomic E-state index is 0. The normalized spacial score (nSPS) is 15.0. The van der Waals surface area contributed by atoms with E-state index in [2.05, 4.69) is 15.2 Å². The number of ether oxygens (including phenoxy) is 4. The molecule has 1 aromatic rings. The standard InChI is InChI=1S/C18H30N4O4.HI/c1-23-15-12-17(25-3)16(24-2)11-14(15)13-21-18(19)20-5-4-6-22-7-9-26-10-8-22;/h11-12H,4-10,13H2,1-3H3,(H3,19,20,21);1H. The maximum Gasteiger partial charge on any atom is 0.188 e. The van der Waals surface area contributed by atoms with Crippen molar-refractivity contribution in [1.29, 1.82) is 0 Å². The van der Waals surface area contributed by atoms with Gasteiger partial charge >= 0.3 is 0 Å². The number of benzene rings is 1. The summed E-state index contributed by atoms with van der Waals surface area (Å²) in [6, 6.07) is 3.64. The van der Waals surface area contributed by atoms with Gasteiger partial charge in [0, 0.05) is 31.3 Å². The molecule has 9 heteroatoms. The van der Waals surface area contributed by atoms with E-state index in [-0.39, 0.29) is 24.0 Å². The summed E-state index contributed by atoms with van der Waals surface area (Å²) in [4.78, 5) is 6.79. The minimum Gasteiger partial charge on any atom is -0.496 e. The van der Waals surface area contributed by atoms with Crippen molar-refractivity contribution in [3.8, 4) is 17.2 Å². The van der Waals surface area contributed by atoms with E-state index < -0.39 is 0 Å². The smallest absolute Gasteiger partial charge is 0.188 e. The van der Waals surface area contributed by atoms with Crippen molar-refractivity contribution in [2.75, 3.05) is 60.7 Å². The second kappa shape index (κ2) is 12.8. The van der Waals surface area contributed by atoms with E-state index in [0.29, 0.717) is 29.8 Å². The molecular weight excluding hydrogens is 463 g/mol. The Morgan fingerprint density at radius 2 is 1.74 bits per heavy atom. The summed E-state index contributed by atoms with van der Waals surface area (Å²) >= 11 is 0. The molecule has 1 aliphatic heterocycles. The average Bonchev–Trinajstić information content (AvgIpc) is 2.69. The van der Waals surface area contributed by atoms with Gasteiger partial charge in [-0.05, 0) is 19.0 Å². The molecule has 1 aromatic carbocycles. The molecule has 1 fully saturated rings. The molecule has 27 heavy (non-hydrogen) atoms. The Hall–Kier alpha value is -1.46. The number of halogens is 1. The van der Waals surface area contributed by atoms with Gasteiger partial charge in [-0.3, -0.25) is 4.90 Å². The first-order valence-corrected chi connectivity index (χ1v) is 8.80. The van der Waals surface area contributed by atoms with Crippen molar-refractivity contribution >= 4 is 29.9 Å². The average molecular weight is 494 g/mol. The molecule has 0 spiro atoms. The highest BCUT2D eigenvalue weighted by Crippen LogP contribution is 2.34. The van der Waals surface area contributed by atoms with Crippen LogP contribution in [0.1, 0.15) is 12.0 Å². The third-order valence-electron chi connectivity index (χ3n) is 4.27. The van der Waals surface area contributed by atoms with Gasteiger partial charge in [-0.2, -0.15) is 0 Å². The molecule has 0 saturated carbocycles. The number of hydrogen-bond acceptors (Lipinski definition) is 6. The molecule has 1 heterocycles. The van der Waals surface area contributed by atoms with Crippen LogP contribution in [0.3, 0.4) is 0 Å². The van der Waals surface area contributed by atoms with Gasteiger partial charge in [0.25, 0.3) is 0 Å². The van der Waals surface area contributed by atoms with E-state index in [0.717, 1.165) is 51.4 Å². The van der Waals surface area contributed by atoms with Crippen molar-refractivity contribution in [3.63, 3.8) is 0 Å². The Kier molecular flexibility index (Phi) is 11.2. The van der Waals surface area contributed by atoms with Gasteiger partial charge in [0.15, 0.2) is 17.5 Å². The largest absolute Gasteiger partial charge is 0.496 e. The fourth-order valence-electron chi connectivity index (χ4n) is 2.79. The number of rotatable bonds is 9. The molecule has 1 saturated heterocycles. The van der Waals surface area contributed by atoms with E-state index >= 15 is 0 Å². The molecular formula is C18H31IN4O4. The summed E-state index contributed by atoms with van der Waals surface area (Å²) in [5.74, 6) is 2.36. The molecule has 8 nitrogen and oxygen atoms in total. The highest BCUT2D eigenvalue weighted by atomic mass is 127. The van der Waals surface area contributed by atoms with Crippen molar-refractivity contribution in [2.24, 2.45) is 10.7 Å². The lowest BCUT2D eigenvalue weighted by molar-refractivity contribution is 0.0376. The zero-order valence-electron chi connectivity index (χ0n) is 16.3. The summed E-state index contributed by atoms with van der Waals surface area (Å²) in [7, 11) is 4.80. The van der Waals surface area contributed by atoms with Gasteiger partial charge < -0.3 is 30.0 Å². The first-order valence-electron chi connectivity index (χ1n) is 8.80. The molecule has 3 N–H and O–H groups in total. The zero-order chi connectivity index (χ0) is 18.8. The van der Waals surface area contributed by atoms with Crippen LogP contribution in [0.4, 0.5) is 0 Å². The van der Waals surface area contributed by atoms with Crippen LogP contribution in [0.15, 0.2) is 17.1 Å². The fraction of sp³-hybridized carbons (Fsp3) is 0.611. The topological polar surface area (TPSA) is 90.6 Å². The second-order valence-corrected chi connectivity index (χ2v) is 5.95. The molecule has 2 rings (SSSR count). The minimum absolute atomic E-state index is 0. The lowest BCUT2D eigenvalue weighted by Crippen LogP contribution is -2.39. The Bertz CT molecular complexity index is 595. The van der Waals surface area contributed by atoms with Crippen LogP contribution in [-0.4, -0.2) is 71.6 Å². The molecule has 0 aliphatic carbocycles. The van der Waals surface area contributed by atoms with Gasteiger partial charge in [-0.15, -0.1) is 24.0 Å². The first kappa shape index (κ1) is 23.6. The summed E-state index contributed by atoms with van der Waals surface area (Å²) in [5.41, 5.74) is 6.85. The van der Waals surface area contributed by atoms with E-state index in [4.69, 9.17) is 24.7 Å². The van der Waals surface area contributed by atoms with E-state index in [9.17, 15) is 0 Å². The number of hydrogen-bond donors (Lipinski definition) is 2. The third kappa shape index (κ3) is 7.59. The summed E-state index contributed by atoms with van der Waals surface area (Å²) in [6.45, 7) is 5.87. The summed E-state index contributed by atoms with van der Waals surface area (Å²) in [6.07, 6.45) is 1.01. The maximum absolute atomic E-state index is 5.97. The van der Waals surface area contributed by atoms with Crippen molar-refractivity contribution in [3.05, 3.63) is 17.7 Å². The number of nitrogens with one attached hydrogen (secondary N) is 1. The highest BCUT2D eigenvalue weighted by Gasteiger charge is 2.12. The Morgan fingerprint density at radius 1 is 1.11 bits per heavy atom. The number of aliphatic imine (C=N–C) groups is 1. The predicted octanol–water partition coefficient (Wildman–Crippen LogP) is 1.46. The monoisotopic (exact) mass is 494 g/mol. The fourth-order valence-corrected chi connectivity index (χ4v) is 2.79. The van der Waals surface area contributed by atoms with Crippen LogP contribution in [-0.2, 0) is 11.3 Å². The number of guanidine groups is 1. The van der Waals surface area contributed by atoms with Crippen molar-refractivity contribution < 1.29 is 18.9 Å². The van der Waals surface area contributed by atoms with Crippen molar-refractivity contribution in [1.82, 2.24) is 10.2 Å². The summed E-state index contributed by atoms with van der Waals surface area (Å²) < 4.78 is 21.4. The SMILES string of the molecule is COc1cc(OC)c(OC)cc1CN=C(N)NCCCN1CCOCC1.I. The molecule has 0 radical (unpaired) electrons. The van der Waals surface area contributed by atoms with E-state index in [1.807, 2.05) is 6.07 Å². The quantitative estimate of drug-likeness (QED) is 0.233. The number of methoxy groups -OCH3 is 3. The Labute approximate surface area is 178 Å². The Morgan fingerprint density at radius 3 is 2.37 bits per heavy atom. The number of morpholine rings is 1. The lowest BCUT2D eigenvalue weighted by Gasteiger charge is -2.26. The molecule has 1 aliphatic rings. The third-order valence-corrected chi connectivity index (χ3v) is 4.27. The molecule has 154 valence electrons. The van der Waals surface area contributed by atoms with Gasteiger partial charge in [0.2, 0.25) is 0 Å². The highest BCUT2D eigenvalue weighted by molar-refractivity contribution is 14.0. The van der Waals surface area contributed by atoms with Gasteiger partial charge in [0.1, 0.15) is 5.75 Å². The number of nitrogens with two attached hydrogens (primary N) is 1. The maximum atomic E-state index is 5.97. The van der Waals surface area contributed by atoms with Gasteiger partial charge in [-0.1, -0.05) is 0 Å². The van der Waals surface area contributed by atoms with Crippen molar-refractivity contribution in [2.45, 2.75) is 13.0 Å². The van der Waals surface area contributed by atoms with Gasteiger partial charge in [-0.25, -0.2) is 4.99 Å². The molecule has 0 atom stereocenters. The number of nitrogens with zero attached hydrogens (tertiary/aromatic N) is 2. The van der Waals surface area contributed by atoms with Crippen LogP contribution in [0.5, 0.6) is 17.2 Å². The van der Waals surface area contributed by atoms with Crippen LogP contribution in [0.2, 0.25) is 0 Å². The molecule has 0 bridgehead atoms. The molecule has 0 aromatic heterocycles. The second-order valence-electron chi connectivity index (χ2n) is 5.95. The Balaban J connectivity index is 0.00000364. The van der Waals surface area contributed by atoms with E-state index in [1.54, 1.807) is 27.4 Å².